The highest BCUT2D eigenvalue weighted by molar-refractivity contribution is 5.86. The molecular weight excluding hydrogens is 472 g/mol. The Hall–Kier alpha value is -1.58. The van der Waals surface area contributed by atoms with Gasteiger partial charge < -0.3 is 10.2 Å². The Morgan fingerprint density at radius 2 is 0.632 bits per heavy atom. The summed E-state index contributed by atoms with van der Waals surface area (Å²) in [6.45, 7) is 4.17. The number of carbonyl (C=O) groups is 2. The largest absolute Gasteiger partial charge is 0.478 e. The Kier molecular flexibility index (Phi) is 27.2. The zero-order valence-electron chi connectivity index (χ0n) is 25.3. The van der Waals surface area contributed by atoms with E-state index in [-0.39, 0.29) is 0 Å². The number of hydrogen-bond donors (Lipinski definition) is 2. The van der Waals surface area contributed by atoms with Crippen molar-refractivity contribution in [2.24, 2.45) is 0 Å². The number of rotatable bonds is 29. The SMILES string of the molecule is CCC/C=C(\CCCCCCCCCCCCCCCCCCCCCC/C(=C\CCC)C(=O)O)C(=O)O. The fourth-order valence-electron chi connectivity index (χ4n) is 5.04. The van der Waals surface area contributed by atoms with E-state index >= 15 is 0 Å². The molecule has 0 radical (unpaired) electrons. The van der Waals surface area contributed by atoms with Crippen molar-refractivity contribution in [2.75, 3.05) is 0 Å². The molecule has 0 saturated carbocycles. The Bertz CT molecular complexity index is 566. The van der Waals surface area contributed by atoms with Gasteiger partial charge in [0.05, 0.1) is 0 Å². The minimum atomic E-state index is -0.734. The minimum absolute atomic E-state index is 0.610. The van der Waals surface area contributed by atoms with E-state index in [1.165, 1.54) is 103 Å². The molecule has 4 nitrogen and oxygen atoms in total. The molecule has 0 rings (SSSR count). The van der Waals surface area contributed by atoms with Gasteiger partial charge in [-0.25, -0.2) is 9.59 Å². The van der Waals surface area contributed by atoms with Crippen molar-refractivity contribution in [3.63, 3.8) is 0 Å². The van der Waals surface area contributed by atoms with Crippen LogP contribution in [0, 0.1) is 0 Å². The number of aliphatic carboxylic acids is 2. The van der Waals surface area contributed by atoms with Crippen molar-refractivity contribution < 1.29 is 19.8 Å². The van der Waals surface area contributed by atoms with E-state index in [4.69, 9.17) is 0 Å². The summed E-state index contributed by atoms with van der Waals surface area (Å²) >= 11 is 0. The average Bonchev–Trinajstić information content (AvgIpc) is 2.89. The third-order valence-corrected chi connectivity index (χ3v) is 7.55. The van der Waals surface area contributed by atoms with Crippen molar-refractivity contribution in [3.05, 3.63) is 23.3 Å². The van der Waals surface area contributed by atoms with Crippen LogP contribution in [-0.2, 0) is 9.59 Å². The molecule has 0 aliphatic rings. The van der Waals surface area contributed by atoms with Crippen LogP contribution >= 0.6 is 0 Å². The van der Waals surface area contributed by atoms with Gasteiger partial charge in [-0.2, -0.15) is 0 Å². The van der Waals surface area contributed by atoms with E-state index in [2.05, 4.69) is 13.8 Å². The van der Waals surface area contributed by atoms with Crippen molar-refractivity contribution in [1.29, 1.82) is 0 Å². The standard InChI is InChI=1S/C34H62O4/c1-3-5-27-31(33(35)36)29-25-23-21-19-17-15-13-11-9-7-8-10-12-14-16-18-20-22-24-26-30-32(34(37)38)28-6-4-2/h27-28H,3-26,29-30H2,1-2H3,(H,35,36)(H,37,38)/b31-27+,32-28+. The summed E-state index contributed by atoms with van der Waals surface area (Å²) in [5, 5.41) is 18.4. The van der Waals surface area contributed by atoms with E-state index in [0.29, 0.717) is 11.1 Å². The van der Waals surface area contributed by atoms with Crippen LogP contribution in [0.1, 0.15) is 181 Å². The predicted octanol–water partition coefficient (Wildman–Crippen LogP) is 11.2. The van der Waals surface area contributed by atoms with Gasteiger partial charge >= 0.3 is 11.9 Å². The molecule has 0 atom stereocenters. The zero-order valence-corrected chi connectivity index (χ0v) is 25.3. The predicted molar refractivity (Wildman–Crippen MR) is 163 cm³/mol. The van der Waals surface area contributed by atoms with Crippen LogP contribution in [0.5, 0.6) is 0 Å². The fraction of sp³-hybridized carbons (Fsp3) is 0.824. The second kappa shape index (κ2) is 28.4. The summed E-state index contributed by atoms with van der Waals surface area (Å²) in [6.07, 6.45) is 34.9. The first-order valence-corrected chi connectivity index (χ1v) is 16.4. The molecule has 0 unspecified atom stereocenters. The van der Waals surface area contributed by atoms with E-state index in [1.807, 2.05) is 12.2 Å². The Balaban J connectivity index is 3.33. The first-order valence-electron chi connectivity index (χ1n) is 16.4. The van der Waals surface area contributed by atoms with Crippen molar-refractivity contribution in [3.8, 4) is 0 Å². The van der Waals surface area contributed by atoms with E-state index < -0.39 is 11.9 Å². The van der Waals surface area contributed by atoms with Gasteiger partial charge in [-0.15, -0.1) is 0 Å². The number of carboxylic acids is 2. The molecule has 4 heteroatoms. The molecule has 0 aliphatic heterocycles. The van der Waals surface area contributed by atoms with Crippen LogP contribution in [0.15, 0.2) is 23.3 Å². The summed E-state index contributed by atoms with van der Waals surface area (Å²) in [6, 6.07) is 0. The van der Waals surface area contributed by atoms with E-state index in [9.17, 15) is 19.8 Å². The number of carboxylic acid groups (broad SMARTS) is 2. The summed E-state index contributed by atoms with van der Waals surface area (Å²) in [7, 11) is 0. The second-order valence-electron chi connectivity index (χ2n) is 11.2. The van der Waals surface area contributed by atoms with Gasteiger partial charge in [0.25, 0.3) is 0 Å². The molecule has 0 heterocycles. The highest BCUT2D eigenvalue weighted by Crippen LogP contribution is 2.17. The molecule has 0 bridgehead atoms. The first kappa shape index (κ1) is 36.4. The quantitative estimate of drug-likeness (QED) is 0.0739. The number of allylic oxidation sites excluding steroid dienone is 2. The lowest BCUT2D eigenvalue weighted by molar-refractivity contribution is -0.133. The lowest BCUT2D eigenvalue weighted by Gasteiger charge is -2.05. The minimum Gasteiger partial charge on any atom is -0.478 e. The molecule has 0 aromatic rings. The Morgan fingerprint density at radius 3 is 0.816 bits per heavy atom. The molecule has 222 valence electrons. The van der Waals surface area contributed by atoms with Crippen LogP contribution in [-0.4, -0.2) is 22.2 Å². The van der Waals surface area contributed by atoms with Crippen molar-refractivity contribution in [2.45, 2.75) is 181 Å². The summed E-state index contributed by atoms with van der Waals surface area (Å²) in [5.41, 5.74) is 1.22. The highest BCUT2D eigenvalue weighted by Gasteiger charge is 2.07. The van der Waals surface area contributed by atoms with Crippen LogP contribution in [0.2, 0.25) is 0 Å². The van der Waals surface area contributed by atoms with Crippen LogP contribution in [0.25, 0.3) is 0 Å². The molecule has 0 aromatic heterocycles. The third kappa shape index (κ3) is 24.7. The van der Waals surface area contributed by atoms with Gasteiger partial charge in [0, 0.05) is 11.1 Å². The molecule has 0 aliphatic carbocycles. The highest BCUT2D eigenvalue weighted by atomic mass is 16.4. The molecule has 38 heavy (non-hydrogen) atoms. The molecule has 0 saturated heterocycles. The molecule has 0 spiro atoms. The lowest BCUT2D eigenvalue weighted by Crippen LogP contribution is -2.00. The summed E-state index contributed by atoms with van der Waals surface area (Å²) in [5.74, 6) is -1.47. The maximum atomic E-state index is 11.2. The Morgan fingerprint density at radius 1 is 0.421 bits per heavy atom. The van der Waals surface area contributed by atoms with E-state index in [0.717, 1.165) is 64.2 Å². The van der Waals surface area contributed by atoms with Gasteiger partial charge in [-0.05, 0) is 38.5 Å². The summed E-state index contributed by atoms with van der Waals surface area (Å²) < 4.78 is 0. The second-order valence-corrected chi connectivity index (χ2v) is 11.2. The van der Waals surface area contributed by atoms with Crippen molar-refractivity contribution in [1.82, 2.24) is 0 Å². The van der Waals surface area contributed by atoms with Gasteiger partial charge in [-0.1, -0.05) is 154 Å². The average molecular weight is 535 g/mol. The smallest absolute Gasteiger partial charge is 0.331 e. The number of unbranched alkanes of at least 4 members (excludes halogenated alkanes) is 21. The summed E-state index contributed by atoms with van der Waals surface area (Å²) in [4.78, 5) is 22.4. The van der Waals surface area contributed by atoms with Gasteiger partial charge in [0.15, 0.2) is 0 Å². The van der Waals surface area contributed by atoms with Crippen LogP contribution < -0.4 is 0 Å². The van der Waals surface area contributed by atoms with Crippen LogP contribution in [0.4, 0.5) is 0 Å². The molecular formula is C34H62O4. The molecule has 2 N–H and O–H groups in total. The molecule has 0 amide bonds. The zero-order chi connectivity index (χ0) is 28.1. The monoisotopic (exact) mass is 534 g/mol. The van der Waals surface area contributed by atoms with Crippen LogP contribution in [0.3, 0.4) is 0 Å². The Labute approximate surface area is 235 Å². The van der Waals surface area contributed by atoms with Gasteiger partial charge in [-0.3, -0.25) is 0 Å². The maximum absolute atomic E-state index is 11.2. The molecule has 0 fully saturated rings. The van der Waals surface area contributed by atoms with E-state index in [1.54, 1.807) is 0 Å². The van der Waals surface area contributed by atoms with Gasteiger partial charge in [0.1, 0.15) is 0 Å². The topological polar surface area (TPSA) is 74.6 Å². The molecule has 0 aromatic carbocycles. The number of hydrogen-bond acceptors (Lipinski definition) is 2. The fourth-order valence-corrected chi connectivity index (χ4v) is 5.04. The van der Waals surface area contributed by atoms with Crippen molar-refractivity contribution >= 4 is 11.9 Å². The van der Waals surface area contributed by atoms with Gasteiger partial charge in [0.2, 0.25) is 0 Å². The third-order valence-electron chi connectivity index (χ3n) is 7.55. The first-order chi connectivity index (χ1) is 18.5. The lowest BCUT2D eigenvalue weighted by atomic mass is 10.0. The normalized spacial score (nSPS) is 12.3. The maximum Gasteiger partial charge on any atom is 0.331 e.